The molecule has 0 fully saturated rings. The van der Waals surface area contributed by atoms with Gasteiger partial charge in [-0.15, -0.1) is 0 Å². The Morgan fingerprint density at radius 3 is 2.94 bits per heavy atom. The highest BCUT2D eigenvalue weighted by Crippen LogP contribution is 2.14. The summed E-state index contributed by atoms with van der Waals surface area (Å²) in [6, 6.07) is 3.54. The van der Waals surface area contributed by atoms with Crippen molar-refractivity contribution in [3.05, 3.63) is 23.9 Å². The molecular weight excluding hydrogens is 224 g/mol. The van der Waals surface area contributed by atoms with Crippen molar-refractivity contribution in [2.45, 2.75) is 0 Å². The van der Waals surface area contributed by atoms with Gasteiger partial charge in [0.05, 0.1) is 12.1 Å². The first-order valence-electron chi connectivity index (χ1n) is 4.72. The number of amides is 1. The number of nitrogens with zero attached hydrogens (tertiary/aromatic N) is 2. The fourth-order valence-corrected chi connectivity index (χ4v) is 1.42. The zero-order chi connectivity index (χ0) is 12.1. The Bertz CT molecular complexity index is 408. The van der Waals surface area contributed by atoms with E-state index in [0.29, 0.717) is 11.4 Å². The molecule has 0 aliphatic heterocycles. The zero-order valence-corrected chi connectivity index (χ0v) is 10.0. The molecule has 0 bridgehead atoms. The summed E-state index contributed by atoms with van der Waals surface area (Å²) in [5.41, 5.74) is 6.25. The fraction of sp³-hybridized carbons (Fsp3) is 0.300. The van der Waals surface area contributed by atoms with Crippen LogP contribution in [0.5, 0.6) is 0 Å². The molecule has 16 heavy (non-hydrogen) atoms. The summed E-state index contributed by atoms with van der Waals surface area (Å²) < 4.78 is 0. The minimum atomic E-state index is -0.0953. The molecule has 86 valence electrons. The van der Waals surface area contributed by atoms with Crippen LogP contribution in [-0.4, -0.2) is 36.5 Å². The van der Waals surface area contributed by atoms with Gasteiger partial charge in [-0.25, -0.2) is 4.98 Å². The minimum Gasteiger partial charge on any atom is -0.389 e. The number of carbonyl (C=O) groups excluding carboxylic acids is 1. The van der Waals surface area contributed by atoms with Crippen LogP contribution in [0.4, 0.5) is 5.82 Å². The number of hydrogen-bond acceptors (Lipinski definition) is 4. The van der Waals surface area contributed by atoms with Crippen LogP contribution in [0.1, 0.15) is 5.56 Å². The third-order valence-electron chi connectivity index (χ3n) is 2.07. The van der Waals surface area contributed by atoms with Crippen molar-refractivity contribution in [2.75, 3.05) is 25.5 Å². The number of pyridine rings is 1. The SMILES string of the molecule is CNC(=O)CN(C)c1ncccc1C(N)=S. The summed E-state index contributed by atoms with van der Waals surface area (Å²) in [6.07, 6.45) is 1.64. The normalized spacial score (nSPS) is 9.62. The summed E-state index contributed by atoms with van der Waals surface area (Å²) in [7, 11) is 3.35. The van der Waals surface area contributed by atoms with Crippen molar-refractivity contribution >= 4 is 28.9 Å². The molecule has 0 atom stereocenters. The van der Waals surface area contributed by atoms with Crippen molar-refractivity contribution < 1.29 is 4.79 Å². The number of anilines is 1. The van der Waals surface area contributed by atoms with E-state index in [4.69, 9.17) is 18.0 Å². The summed E-state index contributed by atoms with van der Waals surface area (Å²) in [5, 5.41) is 2.54. The van der Waals surface area contributed by atoms with Crippen LogP contribution >= 0.6 is 12.2 Å². The van der Waals surface area contributed by atoms with Crippen LogP contribution in [0.3, 0.4) is 0 Å². The lowest BCUT2D eigenvalue weighted by Gasteiger charge is -2.19. The Morgan fingerprint density at radius 1 is 1.69 bits per heavy atom. The maximum Gasteiger partial charge on any atom is 0.239 e. The van der Waals surface area contributed by atoms with Gasteiger partial charge in [-0.2, -0.15) is 0 Å². The lowest BCUT2D eigenvalue weighted by molar-refractivity contribution is -0.119. The average Bonchev–Trinajstić information content (AvgIpc) is 2.28. The largest absolute Gasteiger partial charge is 0.389 e. The molecule has 3 N–H and O–H groups in total. The van der Waals surface area contributed by atoms with Crippen molar-refractivity contribution in [3.63, 3.8) is 0 Å². The van der Waals surface area contributed by atoms with Crippen LogP contribution in [0.15, 0.2) is 18.3 Å². The topological polar surface area (TPSA) is 71.2 Å². The van der Waals surface area contributed by atoms with E-state index in [2.05, 4.69) is 10.3 Å². The summed E-state index contributed by atoms with van der Waals surface area (Å²) in [5.74, 6) is 0.514. The van der Waals surface area contributed by atoms with Gasteiger partial charge in [0.25, 0.3) is 0 Å². The van der Waals surface area contributed by atoms with Gasteiger partial charge in [0.15, 0.2) is 0 Å². The number of nitrogens with two attached hydrogens (primary N) is 1. The van der Waals surface area contributed by atoms with Crippen LogP contribution in [0.2, 0.25) is 0 Å². The van der Waals surface area contributed by atoms with E-state index in [9.17, 15) is 4.79 Å². The maximum atomic E-state index is 11.2. The van der Waals surface area contributed by atoms with E-state index in [-0.39, 0.29) is 17.4 Å². The number of nitrogens with one attached hydrogen (secondary N) is 1. The van der Waals surface area contributed by atoms with Gasteiger partial charge in [0, 0.05) is 20.3 Å². The van der Waals surface area contributed by atoms with Crippen LogP contribution < -0.4 is 16.0 Å². The first kappa shape index (κ1) is 12.4. The molecule has 1 aromatic heterocycles. The van der Waals surface area contributed by atoms with Gasteiger partial charge in [-0.3, -0.25) is 4.79 Å². The van der Waals surface area contributed by atoms with Gasteiger partial charge < -0.3 is 16.0 Å². The van der Waals surface area contributed by atoms with Gasteiger partial charge in [0.1, 0.15) is 10.8 Å². The van der Waals surface area contributed by atoms with Crippen LogP contribution in [0.25, 0.3) is 0 Å². The Morgan fingerprint density at radius 2 is 2.38 bits per heavy atom. The third kappa shape index (κ3) is 2.90. The van der Waals surface area contributed by atoms with Crippen molar-refractivity contribution in [2.24, 2.45) is 5.73 Å². The number of aromatic nitrogens is 1. The molecule has 0 radical (unpaired) electrons. The lowest BCUT2D eigenvalue weighted by atomic mass is 10.2. The molecule has 1 heterocycles. The zero-order valence-electron chi connectivity index (χ0n) is 9.23. The van der Waals surface area contributed by atoms with Crippen LogP contribution in [-0.2, 0) is 4.79 Å². The van der Waals surface area contributed by atoms with Gasteiger partial charge in [0.2, 0.25) is 5.91 Å². The molecular formula is C10H14N4OS. The Kier molecular flexibility index (Phi) is 4.19. The highest BCUT2D eigenvalue weighted by molar-refractivity contribution is 7.80. The molecule has 0 saturated heterocycles. The summed E-state index contributed by atoms with van der Waals surface area (Å²) >= 11 is 4.92. The van der Waals surface area contributed by atoms with Gasteiger partial charge in [-0.1, -0.05) is 12.2 Å². The number of hydrogen-bond donors (Lipinski definition) is 2. The second-order valence-corrected chi connectivity index (χ2v) is 3.71. The fourth-order valence-electron chi connectivity index (χ4n) is 1.26. The smallest absolute Gasteiger partial charge is 0.239 e. The molecule has 0 aliphatic rings. The van der Waals surface area contributed by atoms with Crippen molar-refractivity contribution in [3.8, 4) is 0 Å². The highest BCUT2D eigenvalue weighted by atomic mass is 32.1. The maximum absolute atomic E-state index is 11.2. The molecule has 0 spiro atoms. The lowest BCUT2D eigenvalue weighted by Crippen LogP contribution is -2.34. The minimum absolute atomic E-state index is 0.0953. The number of thiocarbonyl (C=S) groups is 1. The molecule has 1 rings (SSSR count). The first-order chi connectivity index (χ1) is 7.56. The Labute approximate surface area is 99.6 Å². The number of rotatable bonds is 4. The Hall–Kier alpha value is -1.69. The van der Waals surface area contributed by atoms with E-state index >= 15 is 0 Å². The highest BCUT2D eigenvalue weighted by Gasteiger charge is 2.12. The predicted molar refractivity (Wildman–Crippen MR) is 67.5 cm³/mol. The molecule has 5 nitrogen and oxygen atoms in total. The van der Waals surface area contributed by atoms with Crippen molar-refractivity contribution in [1.82, 2.24) is 10.3 Å². The molecule has 0 saturated carbocycles. The molecule has 6 heteroatoms. The van der Waals surface area contributed by atoms with E-state index in [1.807, 2.05) is 0 Å². The van der Waals surface area contributed by atoms with Gasteiger partial charge in [-0.05, 0) is 12.1 Å². The van der Waals surface area contributed by atoms with E-state index in [0.717, 1.165) is 0 Å². The molecule has 1 amide bonds. The molecule has 0 aromatic carbocycles. The molecule has 1 aromatic rings. The third-order valence-corrected chi connectivity index (χ3v) is 2.29. The second kappa shape index (κ2) is 5.41. The second-order valence-electron chi connectivity index (χ2n) is 3.27. The predicted octanol–water partition coefficient (Wildman–Crippen LogP) is -0.102. The summed E-state index contributed by atoms with van der Waals surface area (Å²) in [4.78, 5) is 17.4. The van der Waals surface area contributed by atoms with Gasteiger partial charge >= 0.3 is 0 Å². The van der Waals surface area contributed by atoms with Crippen molar-refractivity contribution in [1.29, 1.82) is 0 Å². The monoisotopic (exact) mass is 238 g/mol. The molecule has 0 aliphatic carbocycles. The first-order valence-corrected chi connectivity index (χ1v) is 5.13. The van der Waals surface area contributed by atoms with E-state index in [1.165, 1.54) is 0 Å². The van der Waals surface area contributed by atoms with E-state index in [1.54, 1.807) is 37.3 Å². The quantitative estimate of drug-likeness (QED) is 0.717. The summed E-state index contributed by atoms with van der Waals surface area (Å²) in [6.45, 7) is 0.211. The molecule has 0 unspecified atom stereocenters. The number of carbonyl (C=O) groups is 1. The van der Waals surface area contributed by atoms with Crippen LogP contribution in [0, 0.1) is 0 Å². The number of likely N-dealkylation sites (N-methyl/N-ethyl adjacent to an activating group) is 2. The standard InChI is InChI=1S/C10H14N4OS/c1-12-8(15)6-14(2)10-7(9(11)16)4-3-5-13-10/h3-5H,6H2,1-2H3,(H2,11,16)(H,12,15). The van der Waals surface area contributed by atoms with E-state index < -0.39 is 0 Å². The Balaban J connectivity index is 2.94. The average molecular weight is 238 g/mol.